The van der Waals surface area contributed by atoms with Crippen molar-refractivity contribution < 1.29 is 23.0 Å². The van der Waals surface area contributed by atoms with Crippen molar-refractivity contribution in [1.82, 2.24) is 5.32 Å². The molecule has 0 saturated carbocycles. The van der Waals surface area contributed by atoms with Crippen LogP contribution in [0.1, 0.15) is 10.4 Å². The number of benzene rings is 1. The van der Waals surface area contributed by atoms with Gasteiger partial charge in [-0.25, -0.2) is 0 Å². The molecule has 3 N–H and O–H groups in total. The number of amides is 1. The third-order valence-electron chi connectivity index (χ3n) is 2.31. The van der Waals surface area contributed by atoms with Crippen LogP contribution in [0.4, 0.5) is 8.78 Å². The van der Waals surface area contributed by atoms with Crippen LogP contribution in [-0.4, -0.2) is 38.8 Å². The molecule has 0 aromatic heterocycles. The maximum absolute atomic E-state index is 12.1. The lowest BCUT2D eigenvalue weighted by Gasteiger charge is -2.16. The number of nitrogens with two attached hydrogens (primary N) is 1. The van der Waals surface area contributed by atoms with Gasteiger partial charge in [0.05, 0.1) is 12.6 Å². The molecule has 1 amide bonds. The van der Waals surface area contributed by atoms with Crippen molar-refractivity contribution in [3.63, 3.8) is 0 Å². The van der Waals surface area contributed by atoms with E-state index in [1.54, 1.807) is 0 Å². The molecule has 0 radical (unpaired) electrons. The minimum Gasteiger partial charge on any atom is -0.435 e. The van der Waals surface area contributed by atoms with Crippen molar-refractivity contribution in [1.29, 1.82) is 0 Å². The van der Waals surface area contributed by atoms with Gasteiger partial charge in [-0.05, 0) is 18.2 Å². The molecule has 0 spiro atoms. The van der Waals surface area contributed by atoms with E-state index in [0.717, 1.165) is 0 Å². The largest absolute Gasteiger partial charge is 0.435 e. The van der Waals surface area contributed by atoms with Gasteiger partial charge in [-0.2, -0.15) is 8.78 Å². The number of rotatable bonds is 7. The Labute approximate surface area is 109 Å². The van der Waals surface area contributed by atoms with Gasteiger partial charge in [-0.3, -0.25) is 4.79 Å². The fourth-order valence-electron chi connectivity index (χ4n) is 1.45. The van der Waals surface area contributed by atoms with E-state index in [9.17, 15) is 13.6 Å². The van der Waals surface area contributed by atoms with E-state index in [1.165, 1.54) is 31.4 Å². The van der Waals surface area contributed by atoms with Crippen LogP contribution in [0.5, 0.6) is 5.75 Å². The molecule has 0 heterocycles. The molecule has 1 atom stereocenters. The quantitative estimate of drug-likeness (QED) is 0.777. The van der Waals surface area contributed by atoms with E-state index in [0.29, 0.717) is 0 Å². The number of hydrogen-bond acceptors (Lipinski definition) is 4. The van der Waals surface area contributed by atoms with Crippen molar-refractivity contribution in [2.24, 2.45) is 5.73 Å². The molecule has 0 aliphatic heterocycles. The zero-order valence-corrected chi connectivity index (χ0v) is 10.4. The SMILES string of the molecule is COCC(CN)NC(=O)c1cccc(OC(F)F)c1. The summed E-state index contributed by atoms with van der Waals surface area (Å²) < 4.78 is 33.2. The monoisotopic (exact) mass is 274 g/mol. The molecule has 0 aliphatic carbocycles. The third kappa shape index (κ3) is 5.19. The molecule has 7 heteroatoms. The highest BCUT2D eigenvalue weighted by Crippen LogP contribution is 2.15. The number of nitrogens with one attached hydrogen (secondary N) is 1. The molecule has 1 rings (SSSR count). The van der Waals surface area contributed by atoms with Gasteiger partial charge in [0.25, 0.3) is 5.91 Å². The zero-order chi connectivity index (χ0) is 14.3. The van der Waals surface area contributed by atoms with E-state index in [4.69, 9.17) is 10.5 Å². The highest BCUT2D eigenvalue weighted by atomic mass is 19.3. The molecule has 0 saturated heterocycles. The van der Waals surface area contributed by atoms with E-state index in [2.05, 4.69) is 10.1 Å². The summed E-state index contributed by atoms with van der Waals surface area (Å²) in [6, 6.07) is 5.20. The van der Waals surface area contributed by atoms with Crippen LogP contribution in [0.3, 0.4) is 0 Å². The molecule has 106 valence electrons. The van der Waals surface area contributed by atoms with Gasteiger partial charge >= 0.3 is 6.61 Å². The Morgan fingerprint density at radius 1 is 1.47 bits per heavy atom. The average molecular weight is 274 g/mol. The summed E-state index contributed by atoms with van der Waals surface area (Å²) >= 11 is 0. The van der Waals surface area contributed by atoms with Gasteiger partial charge in [0.15, 0.2) is 0 Å². The zero-order valence-electron chi connectivity index (χ0n) is 10.4. The van der Waals surface area contributed by atoms with Gasteiger partial charge in [-0.1, -0.05) is 6.07 Å². The van der Waals surface area contributed by atoms with E-state index >= 15 is 0 Å². The predicted molar refractivity (Wildman–Crippen MR) is 65.3 cm³/mol. The fraction of sp³-hybridized carbons (Fsp3) is 0.417. The molecule has 0 aliphatic rings. The van der Waals surface area contributed by atoms with Gasteiger partial charge in [0.1, 0.15) is 5.75 Å². The Balaban J connectivity index is 2.70. The second-order valence-electron chi connectivity index (χ2n) is 3.77. The second-order valence-corrected chi connectivity index (χ2v) is 3.77. The highest BCUT2D eigenvalue weighted by molar-refractivity contribution is 5.94. The number of halogens is 2. The number of methoxy groups -OCH3 is 1. The number of hydrogen-bond donors (Lipinski definition) is 2. The molecule has 1 aromatic carbocycles. The van der Waals surface area contributed by atoms with Crippen molar-refractivity contribution in [3.8, 4) is 5.75 Å². The summed E-state index contributed by atoms with van der Waals surface area (Å²) in [5.74, 6) is -0.495. The van der Waals surface area contributed by atoms with Crippen molar-refractivity contribution in [2.45, 2.75) is 12.7 Å². The normalized spacial score (nSPS) is 12.3. The van der Waals surface area contributed by atoms with E-state index in [-0.39, 0.29) is 30.5 Å². The maximum atomic E-state index is 12.1. The van der Waals surface area contributed by atoms with Crippen molar-refractivity contribution >= 4 is 5.91 Å². The van der Waals surface area contributed by atoms with Crippen LogP contribution in [0.25, 0.3) is 0 Å². The second kappa shape index (κ2) is 7.65. The maximum Gasteiger partial charge on any atom is 0.387 e. The van der Waals surface area contributed by atoms with Crippen molar-refractivity contribution in [3.05, 3.63) is 29.8 Å². The first-order valence-electron chi connectivity index (χ1n) is 5.61. The van der Waals surface area contributed by atoms with Crippen LogP contribution in [0, 0.1) is 0 Å². The van der Waals surface area contributed by atoms with Crippen LogP contribution in [0.15, 0.2) is 24.3 Å². The fourth-order valence-corrected chi connectivity index (χ4v) is 1.45. The minimum atomic E-state index is -2.93. The summed E-state index contributed by atoms with van der Waals surface area (Å²) in [5.41, 5.74) is 5.68. The Bertz CT molecular complexity index is 416. The van der Waals surface area contributed by atoms with Crippen LogP contribution in [0.2, 0.25) is 0 Å². The summed E-state index contributed by atoms with van der Waals surface area (Å²) in [4.78, 5) is 11.9. The Kier molecular flexibility index (Phi) is 6.17. The first kappa shape index (κ1) is 15.3. The summed E-state index contributed by atoms with van der Waals surface area (Å²) in [6.07, 6.45) is 0. The Morgan fingerprint density at radius 2 is 2.21 bits per heavy atom. The molecule has 1 aromatic rings. The van der Waals surface area contributed by atoms with Gasteiger partial charge < -0.3 is 20.5 Å². The van der Waals surface area contributed by atoms with Gasteiger partial charge in [-0.15, -0.1) is 0 Å². The first-order chi connectivity index (χ1) is 9.06. The molecular weight excluding hydrogens is 258 g/mol. The predicted octanol–water partition coefficient (Wildman–Crippen LogP) is 0.992. The Hall–Kier alpha value is -1.73. The topological polar surface area (TPSA) is 73.6 Å². The summed E-state index contributed by atoms with van der Waals surface area (Å²) in [5, 5.41) is 2.63. The standard InChI is InChI=1S/C12H16F2N2O3/c1-18-7-9(6-15)16-11(17)8-3-2-4-10(5-8)19-12(13)14/h2-5,9,12H,6-7,15H2,1H3,(H,16,17). The van der Waals surface area contributed by atoms with Crippen LogP contribution >= 0.6 is 0 Å². The molecule has 1 unspecified atom stereocenters. The average Bonchev–Trinajstić information content (AvgIpc) is 2.37. The molecular formula is C12H16F2N2O3. The lowest BCUT2D eigenvalue weighted by Crippen LogP contribution is -2.43. The summed E-state index contributed by atoms with van der Waals surface area (Å²) in [6.45, 7) is -2.44. The lowest BCUT2D eigenvalue weighted by molar-refractivity contribution is -0.0498. The third-order valence-corrected chi connectivity index (χ3v) is 2.31. The highest BCUT2D eigenvalue weighted by Gasteiger charge is 2.13. The van der Waals surface area contributed by atoms with Gasteiger partial charge in [0, 0.05) is 19.2 Å². The molecule has 0 fully saturated rings. The molecule has 5 nitrogen and oxygen atoms in total. The number of carbonyl (C=O) groups excluding carboxylic acids is 1. The van der Waals surface area contributed by atoms with Crippen molar-refractivity contribution in [2.75, 3.05) is 20.3 Å². The molecule has 19 heavy (non-hydrogen) atoms. The van der Waals surface area contributed by atoms with E-state index < -0.39 is 12.5 Å². The summed E-state index contributed by atoms with van der Waals surface area (Å²) in [7, 11) is 1.49. The smallest absolute Gasteiger partial charge is 0.387 e. The molecule has 0 bridgehead atoms. The minimum absolute atomic E-state index is 0.0707. The van der Waals surface area contributed by atoms with Gasteiger partial charge in [0.2, 0.25) is 0 Å². The lowest BCUT2D eigenvalue weighted by atomic mass is 10.2. The first-order valence-corrected chi connectivity index (χ1v) is 5.61. The number of ether oxygens (including phenoxy) is 2. The number of carbonyl (C=O) groups is 1. The van der Waals surface area contributed by atoms with Crippen LogP contribution in [-0.2, 0) is 4.74 Å². The Morgan fingerprint density at radius 3 is 2.79 bits per heavy atom. The van der Waals surface area contributed by atoms with E-state index in [1.807, 2.05) is 0 Å². The number of alkyl halides is 2. The van der Waals surface area contributed by atoms with Crippen LogP contribution < -0.4 is 15.8 Å².